The molecule has 0 spiro atoms. The van der Waals surface area contributed by atoms with Crippen LogP contribution in [0.3, 0.4) is 0 Å². The molecule has 0 saturated heterocycles. The van der Waals surface area contributed by atoms with E-state index in [1.54, 1.807) is 32.2 Å². The van der Waals surface area contributed by atoms with Gasteiger partial charge in [0, 0.05) is 30.9 Å². The lowest BCUT2D eigenvalue weighted by Crippen LogP contribution is -2.22. The van der Waals surface area contributed by atoms with Crippen LogP contribution in [-0.2, 0) is 7.05 Å². The predicted molar refractivity (Wildman–Crippen MR) is 76.0 cm³/mol. The van der Waals surface area contributed by atoms with Crippen LogP contribution in [0, 0.1) is 10.1 Å². The van der Waals surface area contributed by atoms with Crippen LogP contribution >= 0.6 is 0 Å². The zero-order valence-corrected chi connectivity index (χ0v) is 11.5. The number of non-ortho nitro benzene ring substituents is 1. The first-order valence-electron chi connectivity index (χ1n) is 6.06. The quantitative estimate of drug-likeness (QED) is 0.522. The summed E-state index contributed by atoms with van der Waals surface area (Å²) in [7, 11) is 1.64. The maximum atomic E-state index is 11.9. The van der Waals surface area contributed by atoms with Gasteiger partial charge in [0.15, 0.2) is 0 Å². The molecule has 108 valence electrons. The third-order valence-electron chi connectivity index (χ3n) is 2.85. The highest BCUT2D eigenvalue weighted by Gasteiger charge is 2.10. The second-order valence-corrected chi connectivity index (χ2v) is 4.29. The Morgan fingerprint density at radius 2 is 2.19 bits per heavy atom. The number of nitrogens with zero attached hydrogens (tertiary/aromatic N) is 4. The van der Waals surface area contributed by atoms with Crippen LogP contribution in [0.4, 0.5) is 5.69 Å². The molecule has 1 N–H and O–H groups in total. The summed E-state index contributed by atoms with van der Waals surface area (Å²) in [5.74, 6) is -0.403. The molecule has 2 aromatic rings. The van der Waals surface area contributed by atoms with Crippen LogP contribution in [0.2, 0.25) is 0 Å². The Hall–Kier alpha value is -3.03. The lowest BCUT2D eigenvalue weighted by molar-refractivity contribution is -0.384. The molecule has 0 aliphatic rings. The number of aromatic nitrogens is 2. The van der Waals surface area contributed by atoms with Crippen molar-refractivity contribution in [3.05, 3.63) is 57.9 Å². The van der Waals surface area contributed by atoms with E-state index in [0.717, 1.165) is 0 Å². The topological polar surface area (TPSA) is 102 Å². The molecule has 0 bridgehead atoms. The molecule has 0 radical (unpaired) electrons. The third kappa shape index (κ3) is 3.30. The Bertz CT molecular complexity index is 720. The van der Waals surface area contributed by atoms with E-state index in [4.69, 9.17) is 0 Å². The monoisotopic (exact) mass is 287 g/mol. The van der Waals surface area contributed by atoms with Gasteiger partial charge in [-0.15, -0.1) is 0 Å². The van der Waals surface area contributed by atoms with E-state index in [0.29, 0.717) is 17.0 Å². The SMILES string of the molecule is C/C(=N/NC(=O)c1ccnn1C)c1cccc([N+](=O)[O-])c1. The van der Waals surface area contributed by atoms with E-state index >= 15 is 0 Å². The summed E-state index contributed by atoms with van der Waals surface area (Å²) in [4.78, 5) is 22.1. The molecule has 1 aromatic carbocycles. The number of hydrogen-bond donors (Lipinski definition) is 1. The normalized spacial score (nSPS) is 11.2. The Balaban J connectivity index is 2.14. The molecule has 1 aromatic heterocycles. The number of hydrogen-bond acceptors (Lipinski definition) is 5. The number of aryl methyl sites for hydroxylation is 1. The van der Waals surface area contributed by atoms with Crippen LogP contribution in [0.15, 0.2) is 41.6 Å². The average molecular weight is 287 g/mol. The van der Waals surface area contributed by atoms with Crippen LogP contribution in [0.5, 0.6) is 0 Å². The van der Waals surface area contributed by atoms with Crippen molar-refractivity contribution in [3.63, 3.8) is 0 Å². The summed E-state index contributed by atoms with van der Waals surface area (Å²) >= 11 is 0. The smallest absolute Gasteiger partial charge is 0.266 e. The largest absolute Gasteiger partial charge is 0.289 e. The minimum absolute atomic E-state index is 0.0278. The van der Waals surface area contributed by atoms with Crippen molar-refractivity contribution in [1.82, 2.24) is 15.2 Å². The highest BCUT2D eigenvalue weighted by Crippen LogP contribution is 2.13. The molecule has 0 saturated carbocycles. The number of benzene rings is 1. The van der Waals surface area contributed by atoms with E-state index in [9.17, 15) is 14.9 Å². The summed E-state index contributed by atoms with van der Waals surface area (Å²) in [5.41, 5.74) is 3.76. The maximum Gasteiger partial charge on any atom is 0.289 e. The van der Waals surface area contributed by atoms with Gasteiger partial charge in [-0.05, 0) is 13.0 Å². The summed E-state index contributed by atoms with van der Waals surface area (Å²) in [5, 5.41) is 18.6. The number of hydrazone groups is 1. The van der Waals surface area contributed by atoms with Gasteiger partial charge >= 0.3 is 0 Å². The molecule has 2 rings (SSSR count). The Labute approximate surface area is 120 Å². The highest BCUT2D eigenvalue weighted by molar-refractivity contribution is 6.00. The van der Waals surface area contributed by atoms with Gasteiger partial charge in [-0.2, -0.15) is 10.2 Å². The molecule has 0 aliphatic heterocycles. The molecule has 0 aliphatic carbocycles. The molecule has 8 nitrogen and oxygen atoms in total. The van der Waals surface area contributed by atoms with Crippen molar-refractivity contribution >= 4 is 17.3 Å². The Kier molecular flexibility index (Phi) is 4.07. The summed E-state index contributed by atoms with van der Waals surface area (Å²) in [6.07, 6.45) is 1.51. The summed E-state index contributed by atoms with van der Waals surface area (Å²) < 4.78 is 1.42. The molecule has 21 heavy (non-hydrogen) atoms. The first-order chi connectivity index (χ1) is 9.99. The van der Waals surface area contributed by atoms with Crippen molar-refractivity contribution in [3.8, 4) is 0 Å². The molecule has 0 unspecified atom stereocenters. The molecular formula is C13H13N5O3. The van der Waals surface area contributed by atoms with Gasteiger partial charge in [-0.3, -0.25) is 19.6 Å². The standard InChI is InChI=1S/C13H13N5O3/c1-9(10-4-3-5-11(8-10)18(20)21)15-16-13(19)12-6-7-14-17(12)2/h3-8H,1-2H3,(H,16,19)/b15-9-. The molecule has 0 atom stereocenters. The highest BCUT2D eigenvalue weighted by atomic mass is 16.6. The van der Waals surface area contributed by atoms with Gasteiger partial charge in [0.1, 0.15) is 5.69 Å². The van der Waals surface area contributed by atoms with Crippen LogP contribution in [0.1, 0.15) is 23.0 Å². The fraction of sp³-hybridized carbons (Fsp3) is 0.154. The van der Waals surface area contributed by atoms with E-state index in [2.05, 4.69) is 15.6 Å². The van der Waals surface area contributed by atoms with Gasteiger partial charge in [0.2, 0.25) is 0 Å². The fourth-order valence-electron chi connectivity index (χ4n) is 1.70. The first kappa shape index (κ1) is 14.4. The van der Waals surface area contributed by atoms with E-state index < -0.39 is 10.8 Å². The van der Waals surface area contributed by atoms with Crippen LogP contribution in [-0.4, -0.2) is 26.3 Å². The van der Waals surface area contributed by atoms with Gasteiger partial charge in [-0.25, -0.2) is 5.43 Å². The van der Waals surface area contributed by atoms with E-state index in [1.807, 2.05) is 0 Å². The molecule has 0 fully saturated rings. The number of nitro groups is 1. The van der Waals surface area contributed by atoms with E-state index in [-0.39, 0.29) is 5.69 Å². The molecule has 1 heterocycles. The van der Waals surface area contributed by atoms with Crippen LogP contribution in [0.25, 0.3) is 0 Å². The minimum Gasteiger partial charge on any atom is -0.266 e. The summed E-state index contributed by atoms with van der Waals surface area (Å²) in [6, 6.07) is 7.60. The fourth-order valence-corrected chi connectivity index (χ4v) is 1.70. The molecule has 8 heteroatoms. The third-order valence-corrected chi connectivity index (χ3v) is 2.85. The lowest BCUT2D eigenvalue weighted by atomic mass is 10.1. The molecule has 1 amide bonds. The van der Waals surface area contributed by atoms with Gasteiger partial charge in [0.05, 0.1) is 10.6 Å². The minimum atomic E-state index is -0.481. The number of nitrogens with one attached hydrogen (secondary N) is 1. The van der Waals surface area contributed by atoms with Crippen molar-refractivity contribution in [2.75, 3.05) is 0 Å². The van der Waals surface area contributed by atoms with Crippen molar-refractivity contribution in [2.24, 2.45) is 12.1 Å². The number of rotatable bonds is 4. The van der Waals surface area contributed by atoms with Gasteiger partial charge in [-0.1, -0.05) is 12.1 Å². The van der Waals surface area contributed by atoms with Crippen LogP contribution < -0.4 is 5.43 Å². The molecular weight excluding hydrogens is 274 g/mol. The van der Waals surface area contributed by atoms with Gasteiger partial charge < -0.3 is 0 Å². The zero-order valence-electron chi connectivity index (χ0n) is 11.5. The Morgan fingerprint density at radius 3 is 2.81 bits per heavy atom. The number of amides is 1. The second-order valence-electron chi connectivity index (χ2n) is 4.29. The number of carbonyl (C=O) groups is 1. The first-order valence-corrected chi connectivity index (χ1v) is 6.06. The Morgan fingerprint density at radius 1 is 1.43 bits per heavy atom. The number of nitro benzene ring substituents is 1. The maximum absolute atomic E-state index is 11.9. The average Bonchev–Trinajstić information content (AvgIpc) is 2.90. The van der Waals surface area contributed by atoms with Gasteiger partial charge in [0.25, 0.3) is 11.6 Å². The number of carbonyl (C=O) groups excluding carboxylic acids is 1. The predicted octanol–water partition coefficient (Wildman–Crippen LogP) is 1.48. The van der Waals surface area contributed by atoms with Crippen molar-refractivity contribution in [1.29, 1.82) is 0 Å². The van der Waals surface area contributed by atoms with Crippen molar-refractivity contribution in [2.45, 2.75) is 6.92 Å². The lowest BCUT2D eigenvalue weighted by Gasteiger charge is -2.03. The van der Waals surface area contributed by atoms with E-state index in [1.165, 1.54) is 23.0 Å². The zero-order chi connectivity index (χ0) is 15.4. The summed E-state index contributed by atoms with van der Waals surface area (Å²) in [6.45, 7) is 1.66. The second kappa shape index (κ2) is 5.95. The van der Waals surface area contributed by atoms with Crippen molar-refractivity contribution < 1.29 is 9.72 Å².